The zero-order valence-electron chi connectivity index (χ0n) is 6.20. The monoisotopic (exact) mass is 138 g/mol. The van der Waals surface area contributed by atoms with E-state index in [1.165, 1.54) is 0 Å². The molecule has 0 spiro atoms. The van der Waals surface area contributed by atoms with Gasteiger partial charge in [0.1, 0.15) is 0 Å². The summed E-state index contributed by atoms with van der Waals surface area (Å²) in [6, 6.07) is 0. The van der Waals surface area contributed by atoms with Crippen molar-refractivity contribution in [3.05, 3.63) is 21.6 Å². The second-order valence-corrected chi connectivity index (χ2v) is 1.45. The maximum absolute atomic E-state index is 6.69. The van der Waals surface area contributed by atoms with Crippen LogP contribution in [-0.2, 0) is 0 Å². The Balaban J connectivity index is 4.69. The van der Waals surface area contributed by atoms with Crippen LogP contribution in [0.3, 0.4) is 0 Å². The van der Waals surface area contributed by atoms with Gasteiger partial charge in [0.05, 0.1) is 6.57 Å². The molecule has 3 heteroatoms. The summed E-state index contributed by atoms with van der Waals surface area (Å²) in [5.74, 6) is 0. The lowest BCUT2D eigenvalue weighted by Gasteiger charge is -1.79. The normalized spacial score (nSPS) is 20.4. The van der Waals surface area contributed by atoms with E-state index in [-0.39, 0.29) is 0 Å². The SMILES string of the molecule is [2H]C([2H])([2H])/C(Cl)=C(\Cl)[N+]#[C-]. The van der Waals surface area contributed by atoms with E-state index in [4.69, 9.17) is 33.9 Å². The van der Waals surface area contributed by atoms with Crippen molar-refractivity contribution >= 4 is 23.2 Å². The van der Waals surface area contributed by atoms with Crippen LogP contribution < -0.4 is 0 Å². The van der Waals surface area contributed by atoms with Gasteiger partial charge in [0.2, 0.25) is 0 Å². The zero-order chi connectivity index (χ0) is 8.36. The summed E-state index contributed by atoms with van der Waals surface area (Å²) < 4.78 is 20.1. The number of allylic oxidation sites excluding steroid dienone is 1. The lowest BCUT2D eigenvalue weighted by molar-refractivity contribution is 1.63. The molecule has 1 nitrogen and oxygen atoms in total. The van der Waals surface area contributed by atoms with Crippen LogP contribution in [0, 0.1) is 6.57 Å². The second-order valence-electron chi connectivity index (χ2n) is 0.717. The summed E-state index contributed by atoms with van der Waals surface area (Å²) in [6.45, 7) is 3.85. The van der Waals surface area contributed by atoms with E-state index in [1.807, 2.05) is 0 Å². The molecule has 7 heavy (non-hydrogen) atoms. The van der Waals surface area contributed by atoms with Crippen molar-refractivity contribution in [3.8, 4) is 0 Å². The van der Waals surface area contributed by atoms with Crippen molar-refractivity contribution in [1.82, 2.24) is 0 Å². The molecular weight excluding hydrogens is 133 g/mol. The van der Waals surface area contributed by atoms with Gasteiger partial charge in [-0.3, -0.25) is 0 Å². The molecule has 0 N–H and O–H groups in total. The fraction of sp³-hybridized carbons (Fsp3) is 0.250. The molecule has 0 aromatic carbocycles. The summed E-state index contributed by atoms with van der Waals surface area (Å²) in [5, 5.41) is -1.08. The van der Waals surface area contributed by atoms with E-state index in [9.17, 15) is 0 Å². The predicted molar refractivity (Wildman–Crippen MR) is 31.0 cm³/mol. The lowest BCUT2D eigenvalue weighted by Crippen LogP contribution is -1.58. The third-order valence-corrected chi connectivity index (χ3v) is 0.829. The van der Waals surface area contributed by atoms with Gasteiger partial charge in [-0.2, -0.15) is 0 Å². The van der Waals surface area contributed by atoms with Crippen LogP contribution in [0.4, 0.5) is 0 Å². The third kappa shape index (κ3) is 2.50. The topological polar surface area (TPSA) is 4.36 Å². The second kappa shape index (κ2) is 2.90. The Bertz CT molecular complexity index is 200. The Morgan fingerprint density at radius 1 is 1.86 bits per heavy atom. The van der Waals surface area contributed by atoms with Gasteiger partial charge in [0, 0.05) is 9.14 Å². The molecule has 0 fully saturated rings. The molecule has 0 heterocycles. The van der Waals surface area contributed by atoms with Crippen LogP contribution >= 0.6 is 23.2 Å². The van der Waals surface area contributed by atoms with Gasteiger partial charge in [-0.15, -0.1) is 23.2 Å². The Labute approximate surface area is 56.6 Å². The molecule has 0 saturated carbocycles. The largest absolute Gasteiger partial charge is 0.266 e. The molecule has 0 radical (unpaired) electrons. The van der Waals surface area contributed by atoms with Crippen LogP contribution in [0.5, 0.6) is 0 Å². The smallest absolute Gasteiger partial charge is 0.224 e. The minimum Gasteiger partial charge on any atom is -0.224 e. The highest BCUT2D eigenvalue weighted by atomic mass is 35.5. The molecule has 0 aromatic heterocycles. The first-order chi connectivity index (χ1) is 4.39. The Hall–Kier alpha value is -0.190. The predicted octanol–water partition coefficient (Wildman–Crippen LogP) is 2.57. The first kappa shape index (κ1) is 2.96. The number of hydrogen-bond donors (Lipinski definition) is 0. The van der Waals surface area contributed by atoms with E-state index in [1.54, 1.807) is 0 Å². The Kier molecular flexibility index (Phi) is 1.23. The fourth-order valence-corrected chi connectivity index (χ4v) is 0.0913. The molecule has 0 saturated heterocycles. The van der Waals surface area contributed by atoms with E-state index in [0.717, 1.165) is 0 Å². The van der Waals surface area contributed by atoms with Gasteiger partial charge in [-0.1, -0.05) is 0 Å². The van der Waals surface area contributed by atoms with Crippen molar-refractivity contribution in [3.63, 3.8) is 0 Å². The Morgan fingerprint density at radius 2 is 2.43 bits per heavy atom. The summed E-state index contributed by atoms with van der Waals surface area (Å²) in [5.41, 5.74) is 0. The van der Waals surface area contributed by atoms with Crippen molar-refractivity contribution < 1.29 is 4.11 Å². The average molecular weight is 139 g/mol. The van der Waals surface area contributed by atoms with Crippen molar-refractivity contribution in [2.24, 2.45) is 0 Å². The molecule has 38 valence electrons. The van der Waals surface area contributed by atoms with Gasteiger partial charge < -0.3 is 0 Å². The molecule has 0 aliphatic carbocycles. The van der Waals surface area contributed by atoms with Crippen molar-refractivity contribution in [2.45, 2.75) is 6.85 Å². The van der Waals surface area contributed by atoms with Gasteiger partial charge in [-0.25, -0.2) is 4.85 Å². The number of nitrogens with zero attached hydrogens (tertiary/aromatic N) is 1. The van der Waals surface area contributed by atoms with Gasteiger partial charge in [0.15, 0.2) is 0 Å². The molecule has 0 bridgehead atoms. The third-order valence-electron chi connectivity index (χ3n) is 0.279. The quantitative estimate of drug-likeness (QED) is 0.358. The zero-order valence-corrected chi connectivity index (χ0v) is 4.72. The molecule has 0 atom stereocenters. The standard InChI is InChI=1S/C4H3Cl2N/c1-3(5)4(6)7-2/h1H3/b4-3-/i1D3. The van der Waals surface area contributed by atoms with Gasteiger partial charge >= 0.3 is 0 Å². The first-order valence-electron chi connectivity index (χ1n) is 2.83. The van der Waals surface area contributed by atoms with Crippen molar-refractivity contribution in [1.29, 1.82) is 0 Å². The van der Waals surface area contributed by atoms with E-state index >= 15 is 0 Å². The minimum atomic E-state index is -2.47. The molecule has 0 aliphatic rings. The van der Waals surface area contributed by atoms with Crippen LogP contribution in [0.25, 0.3) is 4.85 Å². The van der Waals surface area contributed by atoms with Crippen LogP contribution in [0.1, 0.15) is 11.0 Å². The summed E-state index contributed by atoms with van der Waals surface area (Å²) in [6.07, 6.45) is 0. The van der Waals surface area contributed by atoms with E-state index < -0.39 is 17.0 Å². The highest BCUT2D eigenvalue weighted by Gasteiger charge is 1.89. The maximum atomic E-state index is 6.69. The molecule has 0 aliphatic heterocycles. The van der Waals surface area contributed by atoms with Crippen molar-refractivity contribution in [2.75, 3.05) is 0 Å². The van der Waals surface area contributed by atoms with Crippen LogP contribution in [0.2, 0.25) is 0 Å². The average Bonchev–Trinajstić information content (AvgIpc) is 1.83. The summed E-state index contributed by atoms with van der Waals surface area (Å²) >= 11 is 10.3. The highest BCUT2D eigenvalue weighted by Crippen LogP contribution is 2.12. The molecule has 0 rings (SSSR count). The summed E-state index contributed by atoms with van der Waals surface area (Å²) in [7, 11) is 0. The molecular formula is C4H3Cl2N. The van der Waals surface area contributed by atoms with E-state index in [0.29, 0.717) is 0 Å². The van der Waals surface area contributed by atoms with Crippen LogP contribution in [0.15, 0.2) is 10.2 Å². The first-order valence-corrected chi connectivity index (χ1v) is 2.08. The van der Waals surface area contributed by atoms with Gasteiger partial charge in [0.25, 0.3) is 5.16 Å². The summed E-state index contributed by atoms with van der Waals surface area (Å²) in [4.78, 5) is 2.66. The maximum Gasteiger partial charge on any atom is 0.266 e. The number of hydrogen-bond acceptors (Lipinski definition) is 0. The Morgan fingerprint density at radius 3 is 2.57 bits per heavy atom. The van der Waals surface area contributed by atoms with E-state index in [2.05, 4.69) is 4.85 Å². The molecule has 0 unspecified atom stereocenters. The molecule has 0 aromatic rings. The molecule has 0 amide bonds. The minimum absolute atomic E-state index is 0.498. The number of rotatable bonds is 0. The lowest BCUT2D eigenvalue weighted by atomic mass is 10.7. The van der Waals surface area contributed by atoms with Crippen LogP contribution in [-0.4, -0.2) is 0 Å². The fourth-order valence-electron chi connectivity index (χ4n) is 0.0491. The highest BCUT2D eigenvalue weighted by molar-refractivity contribution is 6.39. The number of halogens is 2. The van der Waals surface area contributed by atoms with Gasteiger partial charge in [-0.05, 0) is 6.85 Å².